The van der Waals surface area contributed by atoms with Gasteiger partial charge in [0, 0.05) is 24.3 Å². The molecule has 0 bridgehead atoms. The van der Waals surface area contributed by atoms with Crippen LogP contribution in [0.4, 0.5) is 5.82 Å². The van der Waals surface area contributed by atoms with Gasteiger partial charge in [0.25, 0.3) is 5.91 Å². The molecule has 1 aliphatic rings. The predicted octanol–water partition coefficient (Wildman–Crippen LogP) is 2.88. The van der Waals surface area contributed by atoms with Gasteiger partial charge in [-0.1, -0.05) is 26.7 Å². The minimum Gasteiger partial charge on any atom is -0.384 e. The molecule has 1 fully saturated rings. The molecule has 1 saturated carbocycles. The van der Waals surface area contributed by atoms with E-state index in [9.17, 15) is 4.79 Å². The number of carbonyl (C=O) groups excluding carboxylic acids is 1. The summed E-state index contributed by atoms with van der Waals surface area (Å²) < 4.78 is 0. The first-order chi connectivity index (χ1) is 9.52. The van der Waals surface area contributed by atoms with Crippen LogP contribution in [0.1, 0.15) is 55.6 Å². The summed E-state index contributed by atoms with van der Waals surface area (Å²) >= 11 is 0. The summed E-state index contributed by atoms with van der Waals surface area (Å²) in [4.78, 5) is 18.8. The minimum absolute atomic E-state index is 0.0625. The molecule has 0 spiro atoms. The van der Waals surface area contributed by atoms with Crippen molar-refractivity contribution in [2.45, 2.75) is 52.0 Å². The summed E-state index contributed by atoms with van der Waals surface area (Å²) in [5.74, 6) is 1.06. The molecule has 2 atom stereocenters. The van der Waals surface area contributed by atoms with Gasteiger partial charge >= 0.3 is 0 Å². The number of amides is 1. The zero-order valence-corrected chi connectivity index (χ0v) is 12.7. The molecule has 4 nitrogen and oxygen atoms in total. The molecule has 0 aliphatic heterocycles. The molecule has 1 aromatic heterocycles. The van der Waals surface area contributed by atoms with E-state index in [0.29, 0.717) is 23.3 Å². The highest BCUT2D eigenvalue weighted by molar-refractivity contribution is 5.95. The highest BCUT2D eigenvalue weighted by Gasteiger charge is 2.28. The molecule has 1 aliphatic carbocycles. The van der Waals surface area contributed by atoms with Crippen molar-refractivity contribution >= 4 is 11.7 Å². The van der Waals surface area contributed by atoms with Crippen LogP contribution in [-0.4, -0.2) is 28.9 Å². The Morgan fingerprint density at radius 1 is 1.40 bits per heavy atom. The number of rotatable bonds is 3. The maximum absolute atomic E-state index is 12.7. The zero-order chi connectivity index (χ0) is 14.7. The average Bonchev–Trinajstić information content (AvgIpc) is 2.45. The summed E-state index contributed by atoms with van der Waals surface area (Å²) in [7, 11) is 1.91. The predicted molar refractivity (Wildman–Crippen MR) is 81.5 cm³/mol. The van der Waals surface area contributed by atoms with E-state index in [0.717, 1.165) is 18.5 Å². The first kappa shape index (κ1) is 14.8. The van der Waals surface area contributed by atoms with Gasteiger partial charge in [0.15, 0.2) is 0 Å². The highest BCUT2D eigenvalue weighted by atomic mass is 16.2. The summed E-state index contributed by atoms with van der Waals surface area (Å²) in [5.41, 5.74) is 7.33. The van der Waals surface area contributed by atoms with Gasteiger partial charge < -0.3 is 10.6 Å². The van der Waals surface area contributed by atoms with Crippen LogP contribution < -0.4 is 5.73 Å². The van der Waals surface area contributed by atoms with Crippen LogP contribution in [0.3, 0.4) is 0 Å². The fourth-order valence-corrected chi connectivity index (χ4v) is 3.14. The molecule has 2 rings (SSSR count). The Hall–Kier alpha value is -1.58. The van der Waals surface area contributed by atoms with Crippen LogP contribution >= 0.6 is 0 Å². The SMILES string of the molecule is CCc1cc(C(=O)N(C)C2CCCCC2C)cc(N)n1. The molecule has 0 saturated heterocycles. The van der Waals surface area contributed by atoms with Gasteiger partial charge in [-0.25, -0.2) is 4.98 Å². The number of nitrogen functional groups attached to an aromatic ring is 1. The number of anilines is 1. The fraction of sp³-hybridized carbons (Fsp3) is 0.625. The van der Waals surface area contributed by atoms with Gasteiger partial charge in [0.2, 0.25) is 0 Å². The molecule has 2 unspecified atom stereocenters. The second-order valence-corrected chi connectivity index (χ2v) is 5.87. The highest BCUT2D eigenvalue weighted by Crippen LogP contribution is 2.28. The lowest BCUT2D eigenvalue weighted by atomic mass is 9.85. The quantitative estimate of drug-likeness (QED) is 0.922. The number of aryl methyl sites for hydroxylation is 1. The first-order valence-electron chi connectivity index (χ1n) is 7.56. The van der Waals surface area contributed by atoms with Crippen molar-refractivity contribution in [2.24, 2.45) is 5.92 Å². The molecule has 4 heteroatoms. The van der Waals surface area contributed by atoms with Gasteiger partial charge in [-0.05, 0) is 37.3 Å². The maximum atomic E-state index is 12.7. The van der Waals surface area contributed by atoms with Gasteiger partial charge in [0.05, 0.1) is 0 Å². The molecular weight excluding hydrogens is 250 g/mol. The normalized spacial score (nSPS) is 22.6. The van der Waals surface area contributed by atoms with E-state index in [1.54, 1.807) is 6.07 Å². The molecular formula is C16H25N3O. The Morgan fingerprint density at radius 3 is 2.75 bits per heavy atom. The minimum atomic E-state index is 0.0625. The Labute approximate surface area is 121 Å². The van der Waals surface area contributed by atoms with Crippen LogP contribution in [0, 0.1) is 5.92 Å². The number of aromatic nitrogens is 1. The standard InChI is InChI=1S/C16H25N3O/c1-4-13-9-12(10-15(17)18-13)16(20)19(3)14-8-6-5-7-11(14)2/h9-11,14H,4-8H2,1-3H3,(H2,17,18). The lowest BCUT2D eigenvalue weighted by Crippen LogP contribution is -2.42. The second-order valence-electron chi connectivity index (χ2n) is 5.87. The van der Waals surface area contributed by atoms with Crippen LogP contribution in [-0.2, 0) is 6.42 Å². The average molecular weight is 275 g/mol. The molecule has 0 radical (unpaired) electrons. The number of carbonyl (C=O) groups is 1. The number of nitrogens with two attached hydrogens (primary N) is 1. The van der Waals surface area contributed by atoms with E-state index in [1.165, 1.54) is 19.3 Å². The van der Waals surface area contributed by atoms with Gasteiger partial charge in [-0.15, -0.1) is 0 Å². The van der Waals surface area contributed by atoms with Crippen molar-refractivity contribution in [1.29, 1.82) is 0 Å². The van der Waals surface area contributed by atoms with E-state index in [1.807, 2.05) is 24.9 Å². The third-order valence-corrected chi connectivity index (χ3v) is 4.39. The Morgan fingerprint density at radius 2 is 2.10 bits per heavy atom. The number of nitrogens with zero attached hydrogens (tertiary/aromatic N) is 2. The van der Waals surface area contributed by atoms with E-state index in [4.69, 9.17) is 5.73 Å². The topological polar surface area (TPSA) is 59.2 Å². The monoisotopic (exact) mass is 275 g/mol. The second kappa shape index (κ2) is 6.25. The van der Waals surface area contributed by atoms with E-state index < -0.39 is 0 Å². The van der Waals surface area contributed by atoms with E-state index in [2.05, 4.69) is 11.9 Å². The van der Waals surface area contributed by atoms with Crippen molar-refractivity contribution < 1.29 is 4.79 Å². The van der Waals surface area contributed by atoms with Crippen LogP contribution in [0.2, 0.25) is 0 Å². The van der Waals surface area contributed by atoms with Crippen LogP contribution in [0.25, 0.3) is 0 Å². The molecule has 20 heavy (non-hydrogen) atoms. The molecule has 1 amide bonds. The smallest absolute Gasteiger partial charge is 0.254 e. The molecule has 2 N–H and O–H groups in total. The molecule has 1 heterocycles. The molecule has 0 aromatic carbocycles. The number of hydrogen-bond acceptors (Lipinski definition) is 3. The van der Waals surface area contributed by atoms with Gasteiger partial charge in [-0.2, -0.15) is 0 Å². The fourth-order valence-electron chi connectivity index (χ4n) is 3.14. The largest absolute Gasteiger partial charge is 0.384 e. The Balaban J connectivity index is 2.19. The van der Waals surface area contributed by atoms with Crippen molar-refractivity contribution in [3.63, 3.8) is 0 Å². The van der Waals surface area contributed by atoms with Crippen LogP contribution in [0.5, 0.6) is 0 Å². The van der Waals surface area contributed by atoms with Crippen molar-refractivity contribution in [3.05, 3.63) is 23.4 Å². The van der Waals surface area contributed by atoms with Crippen LogP contribution in [0.15, 0.2) is 12.1 Å². The molecule has 110 valence electrons. The lowest BCUT2D eigenvalue weighted by molar-refractivity contribution is 0.0629. The number of hydrogen-bond donors (Lipinski definition) is 1. The summed E-state index contributed by atoms with van der Waals surface area (Å²) in [6, 6.07) is 3.89. The maximum Gasteiger partial charge on any atom is 0.254 e. The summed E-state index contributed by atoms with van der Waals surface area (Å²) in [6.07, 6.45) is 5.59. The van der Waals surface area contributed by atoms with Crippen molar-refractivity contribution in [1.82, 2.24) is 9.88 Å². The number of pyridine rings is 1. The lowest BCUT2D eigenvalue weighted by Gasteiger charge is -2.36. The zero-order valence-electron chi connectivity index (χ0n) is 12.7. The Bertz CT molecular complexity index is 487. The van der Waals surface area contributed by atoms with Crippen molar-refractivity contribution in [2.75, 3.05) is 12.8 Å². The summed E-state index contributed by atoms with van der Waals surface area (Å²) in [6.45, 7) is 4.26. The third kappa shape index (κ3) is 3.11. The Kier molecular flexibility index (Phi) is 4.63. The van der Waals surface area contributed by atoms with Gasteiger partial charge in [0.1, 0.15) is 5.82 Å². The molecule has 1 aromatic rings. The van der Waals surface area contributed by atoms with Crippen molar-refractivity contribution in [3.8, 4) is 0 Å². The van der Waals surface area contributed by atoms with Gasteiger partial charge in [-0.3, -0.25) is 4.79 Å². The summed E-state index contributed by atoms with van der Waals surface area (Å²) in [5, 5.41) is 0. The first-order valence-corrected chi connectivity index (χ1v) is 7.56. The third-order valence-electron chi connectivity index (χ3n) is 4.39. The van der Waals surface area contributed by atoms with E-state index in [-0.39, 0.29) is 5.91 Å². The van der Waals surface area contributed by atoms with E-state index >= 15 is 0 Å².